The molecule has 0 aliphatic carbocycles. The number of piperidine rings is 1. The SMILES string of the molecule is Cn1nc(NC(=O)CCNC=O)c2ccc(C3CCNCC3)cc21. The summed E-state index contributed by atoms with van der Waals surface area (Å²) >= 11 is 0. The third-order valence-electron chi connectivity index (χ3n) is 4.52. The van der Waals surface area contributed by atoms with Gasteiger partial charge in [0.15, 0.2) is 5.82 Å². The van der Waals surface area contributed by atoms with Crippen LogP contribution in [0.3, 0.4) is 0 Å². The van der Waals surface area contributed by atoms with Crippen molar-refractivity contribution in [2.75, 3.05) is 25.0 Å². The van der Waals surface area contributed by atoms with Crippen LogP contribution in [0.15, 0.2) is 18.2 Å². The minimum atomic E-state index is -0.160. The van der Waals surface area contributed by atoms with Gasteiger partial charge in [-0.2, -0.15) is 5.10 Å². The molecule has 1 aliphatic rings. The first kappa shape index (κ1) is 16.4. The molecule has 24 heavy (non-hydrogen) atoms. The van der Waals surface area contributed by atoms with Crippen LogP contribution >= 0.6 is 0 Å². The highest BCUT2D eigenvalue weighted by Crippen LogP contribution is 2.30. The third-order valence-corrected chi connectivity index (χ3v) is 4.52. The average Bonchev–Trinajstić information content (AvgIpc) is 2.91. The van der Waals surface area contributed by atoms with E-state index < -0.39 is 0 Å². The molecular weight excluding hydrogens is 306 g/mol. The van der Waals surface area contributed by atoms with Gasteiger partial charge in [-0.25, -0.2) is 0 Å². The molecule has 3 N–H and O–H groups in total. The number of fused-ring (bicyclic) bond motifs is 1. The van der Waals surface area contributed by atoms with E-state index in [0.717, 1.165) is 36.8 Å². The number of aromatic nitrogens is 2. The van der Waals surface area contributed by atoms with Crippen LogP contribution in [-0.4, -0.2) is 41.7 Å². The molecule has 128 valence electrons. The van der Waals surface area contributed by atoms with Crippen LogP contribution in [0.5, 0.6) is 0 Å². The van der Waals surface area contributed by atoms with Crippen LogP contribution in [-0.2, 0) is 16.6 Å². The van der Waals surface area contributed by atoms with Gasteiger partial charge in [0.05, 0.1) is 5.52 Å². The van der Waals surface area contributed by atoms with Crippen LogP contribution in [0.25, 0.3) is 10.9 Å². The molecule has 2 amide bonds. The lowest BCUT2D eigenvalue weighted by Gasteiger charge is -2.23. The number of aryl methyl sites for hydroxylation is 1. The van der Waals surface area contributed by atoms with Crippen LogP contribution in [0.4, 0.5) is 5.82 Å². The summed E-state index contributed by atoms with van der Waals surface area (Å²) in [5.74, 6) is 0.991. The van der Waals surface area contributed by atoms with Crippen molar-refractivity contribution >= 4 is 29.0 Å². The number of hydrogen-bond donors (Lipinski definition) is 3. The first-order chi connectivity index (χ1) is 11.7. The smallest absolute Gasteiger partial charge is 0.227 e. The van der Waals surface area contributed by atoms with Gasteiger partial charge < -0.3 is 16.0 Å². The summed E-state index contributed by atoms with van der Waals surface area (Å²) < 4.78 is 1.80. The standard InChI is InChI=1S/C17H23N5O2/c1-22-15-10-13(12-4-7-18-8-5-12)2-3-14(15)17(21-22)20-16(24)6-9-19-11-23/h2-3,10-12,18H,4-9H2,1H3,(H,19,23)(H,20,21,24). The highest BCUT2D eigenvalue weighted by atomic mass is 16.2. The Morgan fingerprint density at radius 2 is 2.21 bits per heavy atom. The second kappa shape index (κ2) is 7.44. The monoisotopic (exact) mass is 329 g/mol. The molecule has 0 saturated carbocycles. The quantitative estimate of drug-likeness (QED) is 0.547. The molecule has 7 heteroatoms. The molecule has 0 bridgehead atoms. The van der Waals surface area contributed by atoms with E-state index in [9.17, 15) is 9.59 Å². The first-order valence-electron chi connectivity index (χ1n) is 8.33. The summed E-state index contributed by atoms with van der Waals surface area (Å²) in [6, 6.07) is 6.37. The van der Waals surface area contributed by atoms with Crippen molar-refractivity contribution in [3.8, 4) is 0 Å². The fourth-order valence-corrected chi connectivity index (χ4v) is 3.22. The van der Waals surface area contributed by atoms with Gasteiger partial charge in [-0.1, -0.05) is 6.07 Å². The predicted octanol–water partition coefficient (Wildman–Crippen LogP) is 1.11. The highest BCUT2D eigenvalue weighted by molar-refractivity contribution is 6.00. The van der Waals surface area contributed by atoms with E-state index in [4.69, 9.17) is 0 Å². The predicted molar refractivity (Wildman–Crippen MR) is 92.9 cm³/mol. The largest absolute Gasteiger partial charge is 0.358 e. The Morgan fingerprint density at radius 3 is 2.96 bits per heavy atom. The fourth-order valence-electron chi connectivity index (χ4n) is 3.22. The van der Waals surface area contributed by atoms with E-state index in [1.54, 1.807) is 4.68 Å². The number of rotatable bonds is 6. The van der Waals surface area contributed by atoms with Gasteiger partial charge in [0.2, 0.25) is 12.3 Å². The summed E-state index contributed by atoms with van der Waals surface area (Å²) in [7, 11) is 1.89. The van der Waals surface area contributed by atoms with E-state index in [2.05, 4.69) is 33.2 Å². The Kier molecular flexibility index (Phi) is 5.10. The van der Waals surface area contributed by atoms with Gasteiger partial charge in [0.1, 0.15) is 0 Å². The zero-order valence-corrected chi connectivity index (χ0v) is 13.8. The zero-order chi connectivity index (χ0) is 16.9. The molecule has 1 aliphatic heterocycles. The summed E-state index contributed by atoms with van der Waals surface area (Å²) in [5, 5.41) is 14.1. The van der Waals surface area contributed by atoms with Gasteiger partial charge in [0.25, 0.3) is 0 Å². The molecule has 2 aromatic rings. The topological polar surface area (TPSA) is 88.1 Å². The van der Waals surface area contributed by atoms with Gasteiger partial charge >= 0.3 is 0 Å². The van der Waals surface area contributed by atoms with E-state index in [1.165, 1.54) is 5.56 Å². The number of benzene rings is 1. The Labute approximate surface area is 140 Å². The van der Waals surface area contributed by atoms with Crippen molar-refractivity contribution in [3.05, 3.63) is 23.8 Å². The molecule has 7 nitrogen and oxygen atoms in total. The van der Waals surface area contributed by atoms with E-state index in [1.807, 2.05) is 13.1 Å². The van der Waals surface area contributed by atoms with Crippen molar-refractivity contribution < 1.29 is 9.59 Å². The first-order valence-corrected chi connectivity index (χ1v) is 8.33. The van der Waals surface area contributed by atoms with Crippen LogP contribution < -0.4 is 16.0 Å². The second-order valence-corrected chi connectivity index (χ2v) is 6.14. The van der Waals surface area contributed by atoms with Crippen molar-refractivity contribution in [1.82, 2.24) is 20.4 Å². The number of nitrogens with one attached hydrogen (secondary N) is 3. The highest BCUT2D eigenvalue weighted by Gasteiger charge is 2.18. The molecule has 1 saturated heterocycles. The number of anilines is 1. The molecule has 3 rings (SSSR count). The summed E-state index contributed by atoms with van der Waals surface area (Å²) in [4.78, 5) is 22.2. The van der Waals surface area contributed by atoms with Crippen molar-refractivity contribution in [1.29, 1.82) is 0 Å². The lowest BCUT2D eigenvalue weighted by atomic mass is 9.90. The van der Waals surface area contributed by atoms with E-state index in [0.29, 0.717) is 24.7 Å². The van der Waals surface area contributed by atoms with Gasteiger partial charge in [-0.15, -0.1) is 0 Å². The molecule has 0 radical (unpaired) electrons. The van der Waals surface area contributed by atoms with Crippen LogP contribution in [0.2, 0.25) is 0 Å². The van der Waals surface area contributed by atoms with E-state index in [-0.39, 0.29) is 12.3 Å². The normalized spacial score (nSPS) is 15.4. The molecule has 0 unspecified atom stereocenters. The molecule has 0 spiro atoms. The Bertz CT molecular complexity index is 734. The summed E-state index contributed by atoms with van der Waals surface area (Å²) in [6.07, 6.45) is 3.11. The maximum atomic E-state index is 11.9. The van der Waals surface area contributed by atoms with Crippen LogP contribution in [0.1, 0.15) is 30.7 Å². The average molecular weight is 329 g/mol. The number of hydrogen-bond acceptors (Lipinski definition) is 4. The Balaban J connectivity index is 1.78. The number of amides is 2. The minimum absolute atomic E-state index is 0.160. The molecule has 1 aromatic heterocycles. The molecule has 1 aromatic carbocycles. The Hall–Kier alpha value is -2.41. The number of carbonyl (C=O) groups excluding carboxylic acids is 2. The van der Waals surface area contributed by atoms with Crippen molar-refractivity contribution in [2.24, 2.45) is 7.05 Å². The van der Waals surface area contributed by atoms with E-state index >= 15 is 0 Å². The summed E-state index contributed by atoms with van der Waals surface area (Å²) in [5.41, 5.74) is 2.35. The van der Waals surface area contributed by atoms with Gasteiger partial charge in [-0.05, 0) is 49.5 Å². The fraction of sp³-hybridized carbons (Fsp3) is 0.471. The van der Waals surface area contributed by atoms with Gasteiger partial charge in [-0.3, -0.25) is 14.3 Å². The number of nitrogens with zero attached hydrogens (tertiary/aromatic N) is 2. The molecule has 0 atom stereocenters. The maximum absolute atomic E-state index is 11.9. The lowest BCUT2D eigenvalue weighted by molar-refractivity contribution is -0.116. The zero-order valence-electron chi connectivity index (χ0n) is 13.8. The minimum Gasteiger partial charge on any atom is -0.358 e. The summed E-state index contributed by atoms with van der Waals surface area (Å²) in [6.45, 7) is 2.44. The van der Waals surface area contributed by atoms with Gasteiger partial charge in [0, 0.05) is 25.4 Å². The lowest BCUT2D eigenvalue weighted by Crippen LogP contribution is -2.26. The third kappa shape index (κ3) is 3.56. The van der Waals surface area contributed by atoms with Crippen molar-refractivity contribution in [3.63, 3.8) is 0 Å². The van der Waals surface area contributed by atoms with Crippen molar-refractivity contribution in [2.45, 2.75) is 25.2 Å². The molecular formula is C17H23N5O2. The Morgan fingerprint density at radius 1 is 1.42 bits per heavy atom. The van der Waals surface area contributed by atoms with Crippen LogP contribution in [0, 0.1) is 0 Å². The molecule has 1 fully saturated rings. The molecule has 2 heterocycles. The number of carbonyl (C=O) groups is 2. The maximum Gasteiger partial charge on any atom is 0.227 e. The second-order valence-electron chi connectivity index (χ2n) is 6.14.